The normalized spacial score (nSPS) is 10.7. The van der Waals surface area contributed by atoms with Crippen LogP contribution in [0.25, 0.3) is 0 Å². The molecule has 0 aliphatic heterocycles. The van der Waals surface area contributed by atoms with Crippen LogP contribution in [-0.2, 0) is 13.1 Å². The van der Waals surface area contributed by atoms with E-state index in [1.54, 1.807) is 7.05 Å². The fraction of sp³-hybridized carbons (Fsp3) is 0.333. The molecule has 24 heavy (non-hydrogen) atoms. The van der Waals surface area contributed by atoms with Gasteiger partial charge >= 0.3 is 0 Å². The summed E-state index contributed by atoms with van der Waals surface area (Å²) in [5, 5.41) is 6.57. The molecule has 1 aromatic carbocycles. The summed E-state index contributed by atoms with van der Waals surface area (Å²) >= 11 is 0. The third-order valence-corrected chi connectivity index (χ3v) is 3.33. The molecule has 0 bridgehead atoms. The number of pyridine rings is 1. The highest BCUT2D eigenvalue weighted by Gasteiger charge is 2.04. The Balaban J connectivity index is 0.00000288. The molecule has 5 nitrogen and oxygen atoms in total. The zero-order valence-corrected chi connectivity index (χ0v) is 16.7. The van der Waals surface area contributed by atoms with Gasteiger partial charge in [-0.15, -0.1) is 24.0 Å². The van der Waals surface area contributed by atoms with Gasteiger partial charge in [0.05, 0.1) is 18.8 Å². The van der Waals surface area contributed by atoms with Crippen molar-refractivity contribution in [2.75, 3.05) is 13.7 Å². The molecule has 130 valence electrons. The van der Waals surface area contributed by atoms with Gasteiger partial charge in [-0.1, -0.05) is 24.3 Å². The molecule has 1 aromatic heterocycles. The first kappa shape index (κ1) is 20.2. The number of hydrogen-bond acceptors (Lipinski definition) is 3. The smallest absolute Gasteiger partial charge is 0.191 e. The predicted octanol–water partition coefficient (Wildman–Crippen LogP) is 3.27. The number of halogens is 1. The average Bonchev–Trinajstić information content (AvgIpc) is 2.57. The lowest BCUT2D eigenvalue weighted by Gasteiger charge is -2.14. The summed E-state index contributed by atoms with van der Waals surface area (Å²) in [6, 6.07) is 14.0. The first-order valence-electron chi connectivity index (χ1n) is 7.80. The van der Waals surface area contributed by atoms with Crippen LogP contribution in [0.1, 0.15) is 23.9 Å². The van der Waals surface area contributed by atoms with Gasteiger partial charge in [0.25, 0.3) is 0 Å². The van der Waals surface area contributed by atoms with Gasteiger partial charge in [-0.3, -0.25) is 9.98 Å². The van der Waals surface area contributed by atoms with E-state index in [4.69, 9.17) is 4.74 Å². The first-order chi connectivity index (χ1) is 11.2. The van der Waals surface area contributed by atoms with E-state index in [-0.39, 0.29) is 24.0 Å². The lowest BCUT2D eigenvalue weighted by Crippen LogP contribution is -2.36. The van der Waals surface area contributed by atoms with Crippen molar-refractivity contribution in [2.24, 2.45) is 4.99 Å². The van der Waals surface area contributed by atoms with E-state index in [1.165, 1.54) is 0 Å². The molecular weight excluding hydrogens is 415 g/mol. The summed E-state index contributed by atoms with van der Waals surface area (Å²) in [7, 11) is 1.76. The van der Waals surface area contributed by atoms with Crippen molar-refractivity contribution in [1.29, 1.82) is 0 Å². The zero-order valence-electron chi connectivity index (χ0n) is 14.4. The maximum Gasteiger partial charge on any atom is 0.191 e. The molecule has 0 spiro atoms. The minimum atomic E-state index is 0. The lowest BCUT2D eigenvalue weighted by atomic mass is 10.2. The molecule has 0 atom stereocenters. The molecular formula is C18H25IN4O. The van der Waals surface area contributed by atoms with Crippen LogP contribution in [0.4, 0.5) is 0 Å². The summed E-state index contributed by atoms with van der Waals surface area (Å²) in [4.78, 5) is 8.71. The average molecular weight is 440 g/mol. The number of nitrogens with zero attached hydrogens (tertiary/aromatic N) is 2. The van der Waals surface area contributed by atoms with E-state index in [0.717, 1.165) is 28.7 Å². The first-order valence-corrected chi connectivity index (χ1v) is 7.80. The SMILES string of the molecule is CCOc1ccccc1CNC(=NC)NCc1cccc(C)n1.I. The fourth-order valence-corrected chi connectivity index (χ4v) is 2.22. The maximum atomic E-state index is 5.64. The molecule has 2 aromatic rings. The number of para-hydroxylation sites is 1. The van der Waals surface area contributed by atoms with Gasteiger partial charge in [0.2, 0.25) is 0 Å². The highest BCUT2D eigenvalue weighted by Crippen LogP contribution is 2.17. The molecule has 0 amide bonds. The number of guanidine groups is 1. The van der Waals surface area contributed by atoms with Gasteiger partial charge in [-0.25, -0.2) is 0 Å². The second-order valence-corrected chi connectivity index (χ2v) is 5.09. The van der Waals surface area contributed by atoms with Crippen molar-refractivity contribution >= 4 is 29.9 Å². The van der Waals surface area contributed by atoms with E-state index in [9.17, 15) is 0 Å². The number of benzene rings is 1. The standard InChI is InChI=1S/C18H24N4O.HI/c1-4-23-17-11-6-5-9-15(17)12-20-18(19-3)21-13-16-10-7-8-14(2)22-16;/h5-11H,4,12-13H2,1-3H3,(H2,19,20,21);1H. The molecule has 2 N–H and O–H groups in total. The van der Waals surface area contributed by atoms with Crippen LogP contribution < -0.4 is 15.4 Å². The van der Waals surface area contributed by atoms with Crippen molar-refractivity contribution in [2.45, 2.75) is 26.9 Å². The summed E-state index contributed by atoms with van der Waals surface area (Å²) in [5.74, 6) is 1.64. The second kappa shape index (κ2) is 10.9. The van der Waals surface area contributed by atoms with E-state index < -0.39 is 0 Å². The third-order valence-electron chi connectivity index (χ3n) is 3.33. The number of ether oxygens (including phenoxy) is 1. The zero-order chi connectivity index (χ0) is 16.5. The summed E-state index contributed by atoms with van der Waals surface area (Å²) in [6.45, 7) is 5.91. The van der Waals surface area contributed by atoms with Crippen molar-refractivity contribution < 1.29 is 4.74 Å². The van der Waals surface area contributed by atoms with E-state index >= 15 is 0 Å². The number of aliphatic imine (C=N–C) groups is 1. The van der Waals surface area contributed by atoms with Crippen LogP contribution in [0, 0.1) is 6.92 Å². The third kappa shape index (κ3) is 6.35. The summed E-state index contributed by atoms with van der Waals surface area (Å²) in [6.07, 6.45) is 0. The van der Waals surface area contributed by atoms with Crippen LogP contribution in [0.3, 0.4) is 0 Å². The minimum absolute atomic E-state index is 0. The Labute approximate surface area is 161 Å². The van der Waals surface area contributed by atoms with Crippen molar-refractivity contribution in [1.82, 2.24) is 15.6 Å². The molecule has 6 heteroatoms. The van der Waals surface area contributed by atoms with Gasteiger partial charge in [0, 0.05) is 24.8 Å². The highest BCUT2D eigenvalue weighted by molar-refractivity contribution is 14.0. The van der Waals surface area contributed by atoms with Crippen LogP contribution in [0.2, 0.25) is 0 Å². The van der Waals surface area contributed by atoms with Crippen molar-refractivity contribution in [3.8, 4) is 5.75 Å². The van der Waals surface area contributed by atoms with Gasteiger partial charge < -0.3 is 15.4 Å². The van der Waals surface area contributed by atoms with Crippen LogP contribution in [0.5, 0.6) is 5.75 Å². The molecule has 0 aliphatic carbocycles. The van der Waals surface area contributed by atoms with Crippen LogP contribution in [-0.4, -0.2) is 24.6 Å². The number of aryl methyl sites for hydroxylation is 1. The lowest BCUT2D eigenvalue weighted by molar-refractivity contribution is 0.336. The van der Waals surface area contributed by atoms with E-state index in [0.29, 0.717) is 19.7 Å². The van der Waals surface area contributed by atoms with E-state index in [1.807, 2.05) is 56.3 Å². The molecule has 0 radical (unpaired) electrons. The second-order valence-electron chi connectivity index (χ2n) is 5.09. The van der Waals surface area contributed by atoms with Crippen LogP contribution in [0.15, 0.2) is 47.5 Å². The van der Waals surface area contributed by atoms with Crippen LogP contribution >= 0.6 is 24.0 Å². The number of rotatable bonds is 6. The fourth-order valence-electron chi connectivity index (χ4n) is 2.22. The summed E-state index contributed by atoms with van der Waals surface area (Å²) in [5.41, 5.74) is 3.10. The van der Waals surface area contributed by atoms with Gasteiger partial charge in [0.15, 0.2) is 5.96 Å². The molecule has 1 heterocycles. The van der Waals surface area contributed by atoms with Gasteiger partial charge in [-0.05, 0) is 32.0 Å². The van der Waals surface area contributed by atoms with Crippen molar-refractivity contribution in [3.63, 3.8) is 0 Å². The number of nitrogens with one attached hydrogen (secondary N) is 2. The predicted molar refractivity (Wildman–Crippen MR) is 109 cm³/mol. The van der Waals surface area contributed by atoms with Crippen molar-refractivity contribution in [3.05, 3.63) is 59.4 Å². The molecule has 0 fully saturated rings. The maximum absolute atomic E-state index is 5.64. The molecule has 0 saturated carbocycles. The molecule has 0 saturated heterocycles. The quantitative estimate of drug-likeness (QED) is 0.411. The largest absolute Gasteiger partial charge is 0.494 e. The van der Waals surface area contributed by atoms with Gasteiger partial charge in [-0.2, -0.15) is 0 Å². The number of hydrogen-bond donors (Lipinski definition) is 2. The monoisotopic (exact) mass is 440 g/mol. The number of aromatic nitrogens is 1. The highest BCUT2D eigenvalue weighted by atomic mass is 127. The topological polar surface area (TPSA) is 58.5 Å². The Morgan fingerprint density at radius 1 is 1.08 bits per heavy atom. The molecule has 2 rings (SSSR count). The Hall–Kier alpha value is -1.83. The Bertz CT molecular complexity index is 661. The molecule has 0 aliphatic rings. The Morgan fingerprint density at radius 2 is 1.83 bits per heavy atom. The Kier molecular flexibility index (Phi) is 9.14. The minimum Gasteiger partial charge on any atom is -0.494 e. The van der Waals surface area contributed by atoms with E-state index in [2.05, 4.69) is 20.6 Å². The van der Waals surface area contributed by atoms with Gasteiger partial charge in [0.1, 0.15) is 5.75 Å². The Morgan fingerprint density at radius 3 is 2.54 bits per heavy atom. The summed E-state index contributed by atoms with van der Waals surface area (Å²) < 4.78 is 5.64. The molecule has 0 unspecified atom stereocenters.